The fraction of sp³-hybridized carbons (Fsp3) is 0.267. The summed E-state index contributed by atoms with van der Waals surface area (Å²) in [5, 5.41) is 8.54. The predicted octanol–water partition coefficient (Wildman–Crippen LogP) is 1.68. The van der Waals surface area contributed by atoms with Gasteiger partial charge < -0.3 is 10.6 Å². The van der Waals surface area contributed by atoms with Crippen LogP contribution in [0.2, 0.25) is 0 Å². The molecule has 92 valence electrons. The van der Waals surface area contributed by atoms with Crippen LogP contribution < -0.4 is 10.6 Å². The molecule has 1 fully saturated rings. The van der Waals surface area contributed by atoms with Gasteiger partial charge in [-0.3, -0.25) is 4.79 Å². The van der Waals surface area contributed by atoms with E-state index in [9.17, 15) is 4.79 Å². The quantitative estimate of drug-likeness (QED) is 0.857. The molecule has 18 heavy (non-hydrogen) atoms. The van der Waals surface area contributed by atoms with Gasteiger partial charge in [0.1, 0.15) is 0 Å². The number of hydrogen-bond donors (Lipinski definition) is 2. The van der Waals surface area contributed by atoms with Gasteiger partial charge >= 0.3 is 0 Å². The first-order chi connectivity index (χ1) is 8.83. The molecule has 1 aliphatic heterocycles. The van der Waals surface area contributed by atoms with Crippen molar-refractivity contribution in [3.63, 3.8) is 0 Å². The van der Waals surface area contributed by atoms with Crippen molar-refractivity contribution in [2.24, 2.45) is 5.92 Å². The van der Waals surface area contributed by atoms with Crippen molar-refractivity contribution in [1.29, 1.82) is 0 Å². The normalized spacial score (nSPS) is 15.3. The Morgan fingerprint density at radius 2 is 1.94 bits per heavy atom. The van der Waals surface area contributed by atoms with Crippen LogP contribution in [-0.2, 0) is 11.3 Å². The molecular formula is C15H16N2O. The predicted molar refractivity (Wildman–Crippen MR) is 72.2 cm³/mol. The van der Waals surface area contributed by atoms with Gasteiger partial charge in [0, 0.05) is 19.6 Å². The van der Waals surface area contributed by atoms with Crippen LogP contribution in [0.15, 0.2) is 42.5 Å². The molecule has 1 amide bonds. The fourth-order valence-corrected chi connectivity index (χ4v) is 2.16. The summed E-state index contributed by atoms with van der Waals surface area (Å²) < 4.78 is 0. The monoisotopic (exact) mass is 240 g/mol. The van der Waals surface area contributed by atoms with E-state index in [1.807, 2.05) is 12.1 Å². The minimum absolute atomic E-state index is 0.155. The fourth-order valence-electron chi connectivity index (χ4n) is 2.16. The van der Waals surface area contributed by atoms with E-state index in [4.69, 9.17) is 0 Å². The van der Waals surface area contributed by atoms with Gasteiger partial charge in [0.25, 0.3) is 0 Å². The molecule has 2 aromatic carbocycles. The summed E-state index contributed by atoms with van der Waals surface area (Å²) in [5.41, 5.74) is 1.15. The number of benzene rings is 2. The SMILES string of the molecule is O=C(NCc1ccc2ccccc2c1)C1CNC1. The number of hydrogen-bond acceptors (Lipinski definition) is 2. The van der Waals surface area contributed by atoms with Gasteiger partial charge in [-0.15, -0.1) is 0 Å². The van der Waals surface area contributed by atoms with Crippen LogP contribution in [0.1, 0.15) is 5.56 Å². The van der Waals surface area contributed by atoms with E-state index in [1.165, 1.54) is 10.8 Å². The zero-order chi connectivity index (χ0) is 12.4. The lowest BCUT2D eigenvalue weighted by molar-refractivity contribution is -0.126. The number of amides is 1. The molecule has 3 nitrogen and oxygen atoms in total. The summed E-state index contributed by atoms with van der Waals surface area (Å²) in [7, 11) is 0. The second-order valence-corrected chi connectivity index (χ2v) is 4.75. The summed E-state index contributed by atoms with van der Waals surface area (Å²) in [6.45, 7) is 2.23. The highest BCUT2D eigenvalue weighted by molar-refractivity contribution is 5.83. The number of rotatable bonds is 3. The Kier molecular flexibility index (Phi) is 2.99. The van der Waals surface area contributed by atoms with Crippen molar-refractivity contribution >= 4 is 16.7 Å². The van der Waals surface area contributed by atoms with Gasteiger partial charge in [-0.05, 0) is 22.4 Å². The summed E-state index contributed by atoms with van der Waals surface area (Å²) in [4.78, 5) is 11.7. The number of carbonyl (C=O) groups is 1. The maximum Gasteiger partial charge on any atom is 0.225 e. The van der Waals surface area contributed by atoms with Crippen LogP contribution in [0.4, 0.5) is 0 Å². The topological polar surface area (TPSA) is 41.1 Å². The molecule has 3 heteroatoms. The van der Waals surface area contributed by atoms with Gasteiger partial charge in [-0.1, -0.05) is 36.4 Å². The third-order valence-corrected chi connectivity index (χ3v) is 3.43. The van der Waals surface area contributed by atoms with E-state index >= 15 is 0 Å². The van der Waals surface area contributed by atoms with Crippen molar-refractivity contribution in [3.05, 3.63) is 48.0 Å². The average molecular weight is 240 g/mol. The first-order valence-electron chi connectivity index (χ1n) is 6.29. The van der Waals surface area contributed by atoms with Crippen molar-refractivity contribution in [1.82, 2.24) is 10.6 Å². The van der Waals surface area contributed by atoms with Crippen molar-refractivity contribution < 1.29 is 4.79 Å². The third kappa shape index (κ3) is 2.22. The van der Waals surface area contributed by atoms with Crippen LogP contribution in [0.5, 0.6) is 0 Å². The molecule has 0 radical (unpaired) electrons. The smallest absolute Gasteiger partial charge is 0.225 e. The van der Waals surface area contributed by atoms with Gasteiger partial charge in [0.15, 0.2) is 0 Å². The molecule has 1 saturated heterocycles. The van der Waals surface area contributed by atoms with Gasteiger partial charge in [0.2, 0.25) is 5.91 Å². The third-order valence-electron chi connectivity index (χ3n) is 3.43. The molecule has 2 aromatic rings. The first-order valence-corrected chi connectivity index (χ1v) is 6.29. The summed E-state index contributed by atoms with van der Waals surface area (Å²) in [5.74, 6) is 0.312. The second-order valence-electron chi connectivity index (χ2n) is 4.75. The van der Waals surface area contributed by atoms with Gasteiger partial charge in [-0.2, -0.15) is 0 Å². The lowest BCUT2D eigenvalue weighted by Gasteiger charge is -2.25. The molecule has 0 saturated carbocycles. The molecule has 0 atom stereocenters. The maximum absolute atomic E-state index is 11.7. The van der Waals surface area contributed by atoms with E-state index < -0.39 is 0 Å². The van der Waals surface area contributed by atoms with Crippen LogP contribution in [-0.4, -0.2) is 19.0 Å². The van der Waals surface area contributed by atoms with E-state index in [1.54, 1.807) is 0 Å². The number of fused-ring (bicyclic) bond motifs is 1. The minimum atomic E-state index is 0.155. The van der Waals surface area contributed by atoms with E-state index in [0.29, 0.717) is 6.54 Å². The Hall–Kier alpha value is -1.87. The Morgan fingerprint density at radius 1 is 1.17 bits per heavy atom. The highest BCUT2D eigenvalue weighted by Gasteiger charge is 2.24. The molecule has 0 aromatic heterocycles. The molecule has 3 rings (SSSR count). The Bertz CT molecular complexity index is 575. The van der Waals surface area contributed by atoms with E-state index in [2.05, 4.69) is 41.0 Å². The highest BCUT2D eigenvalue weighted by Crippen LogP contribution is 2.15. The highest BCUT2D eigenvalue weighted by atomic mass is 16.2. The molecule has 1 heterocycles. The lowest BCUT2D eigenvalue weighted by Crippen LogP contribution is -2.50. The molecule has 0 unspecified atom stereocenters. The van der Waals surface area contributed by atoms with Crippen LogP contribution in [0.25, 0.3) is 10.8 Å². The Labute approximate surface area is 106 Å². The van der Waals surface area contributed by atoms with Crippen molar-refractivity contribution in [3.8, 4) is 0 Å². The summed E-state index contributed by atoms with van der Waals surface area (Å²) in [6.07, 6.45) is 0. The van der Waals surface area contributed by atoms with E-state index in [0.717, 1.165) is 18.7 Å². The van der Waals surface area contributed by atoms with Crippen LogP contribution >= 0.6 is 0 Å². The Morgan fingerprint density at radius 3 is 2.67 bits per heavy atom. The molecule has 0 aliphatic carbocycles. The molecule has 0 bridgehead atoms. The van der Waals surface area contributed by atoms with Crippen LogP contribution in [0, 0.1) is 5.92 Å². The maximum atomic E-state index is 11.7. The standard InChI is InChI=1S/C15H16N2O/c18-15(14-9-16-10-14)17-8-11-5-6-12-3-1-2-4-13(12)7-11/h1-7,14,16H,8-10H2,(H,17,18). The first kappa shape index (κ1) is 11.2. The van der Waals surface area contributed by atoms with Crippen molar-refractivity contribution in [2.45, 2.75) is 6.54 Å². The number of nitrogens with one attached hydrogen (secondary N) is 2. The molecule has 1 aliphatic rings. The van der Waals surface area contributed by atoms with Crippen molar-refractivity contribution in [2.75, 3.05) is 13.1 Å². The zero-order valence-electron chi connectivity index (χ0n) is 10.1. The second kappa shape index (κ2) is 4.78. The van der Waals surface area contributed by atoms with Gasteiger partial charge in [0.05, 0.1) is 5.92 Å². The zero-order valence-corrected chi connectivity index (χ0v) is 10.1. The summed E-state index contributed by atoms with van der Waals surface area (Å²) >= 11 is 0. The molecule has 2 N–H and O–H groups in total. The minimum Gasteiger partial charge on any atom is -0.352 e. The molecule has 0 spiro atoms. The number of carbonyl (C=O) groups excluding carboxylic acids is 1. The molecular weight excluding hydrogens is 224 g/mol. The Balaban J connectivity index is 1.68. The van der Waals surface area contributed by atoms with Crippen LogP contribution in [0.3, 0.4) is 0 Å². The summed E-state index contributed by atoms with van der Waals surface area (Å²) in [6, 6.07) is 14.6. The largest absolute Gasteiger partial charge is 0.352 e. The van der Waals surface area contributed by atoms with Gasteiger partial charge in [-0.25, -0.2) is 0 Å². The lowest BCUT2D eigenvalue weighted by atomic mass is 10.0. The average Bonchev–Trinajstić information content (AvgIpc) is 2.34. The van der Waals surface area contributed by atoms with E-state index in [-0.39, 0.29) is 11.8 Å².